The van der Waals surface area contributed by atoms with Crippen molar-refractivity contribution in [3.63, 3.8) is 0 Å². The molecule has 0 saturated heterocycles. The van der Waals surface area contributed by atoms with Crippen molar-refractivity contribution in [2.24, 2.45) is 0 Å². The van der Waals surface area contributed by atoms with E-state index in [-0.39, 0.29) is 0 Å². The van der Waals surface area contributed by atoms with E-state index >= 15 is 0 Å². The Balaban J connectivity index is 1.85. The molecule has 24 nitrogen and oxygen atoms in total. The normalized spacial score (nSPS) is 13.9. The van der Waals surface area contributed by atoms with E-state index in [1.807, 2.05) is 0 Å². The van der Waals surface area contributed by atoms with Gasteiger partial charge in [0.2, 0.25) is 0 Å². The Kier molecular flexibility index (Phi) is 74.7. The highest BCUT2D eigenvalue weighted by Gasteiger charge is 2.25. The third kappa shape index (κ3) is 66.0. The summed E-state index contributed by atoms with van der Waals surface area (Å²) < 4.78 is 121. The third-order valence-electron chi connectivity index (χ3n) is 23.1. The zero-order chi connectivity index (χ0) is 90.7. The van der Waals surface area contributed by atoms with Crippen LogP contribution in [0.25, 0.3) is 24.3 Å². The second-order valence-corrected chi connectivity index (χ2v) is 34.8. The van der Waals surface area contributed by atoms with Gasteiger partial charge in [0.05, 0.1) is 292 Å². The Hall–Kier alpha value is -4.46. The summed E-state index contributed by atoms with van der Waals surface area (Å²) in [4.78, 5) is 0. The summed E-state index contributed by atoms with van der Waals surface area (Å²) >= 11 is 0. The van der Waals surface area contributed by atoms with E-state index in [0.717, 1.165) is 193 Å². The number of rotatable bonds is 96. The molecule has 0 aliphatic carbocycles. The van der Waals surface area contributed by atoms with Crippen LogP contribution in [0.1, 0.15) is 204 Å². The van der Waals surface area contributed by atoms with E-state index in [2.05, 4.69) is 141 Å². The molecule has 4 atom stereocenters. The number of nitrogens with zero attached hydrogens (tertiary/aromatic N) is 4. The van der Waals surface area contributed by atoms with Crippen molar-refractivity contribution in [2.45, 2.75) is 182 Å². The molecule has 4 unspecified atom stereocenters. The van der Waals surface area contributed by atoms with Crippen LogP contribution >= 0.6 is 0 Å². The van der Waals surface area contributed by atoms with Crippen LogP contribution in [0.15, 0.2) is 60.7 Å². The van der Waals surface area contributed by atoms with Crippen molar-refractivity contribution < 1.29 is 113 Å². The van der Waals surface area contributed by atoms with Crippen LogP contribution in [-0.4, -0.2) is 365 Å². The van der Waals surface area contributed by atoms with E-state index in [0.29, 0.717) is 211 Å². The van der Waals surface area contributed by atoms with Gasteiger partial charge in [0.15, 0.2) is 0 Å². The lowest BCUT2D eigenvalue weighted by Gasteiger charge is -2.35. The van der Waals surface area contributed by atoms with Crippen LogP contribution in [0, 0.1) is 0 Å². The maximum absolute atomic E-state index is 6.68. The molecule has 0 radical (unpaired) electrons. The summed E-state index contributed by atoms with van der Waals surface area (Å²) in [5.74, 6) is 3.27. The first kappa shape index (κ1) is 116. The fourth-order valence-electron chi connectivity index (χ4n) is 14.9. The number of quaternary nitrogens is 4. The summed E-state index contributed by atoms with van der Waals surface area (Å²) in [5, 5.41) is 0. The van der Waals surface area contributed by atoms with Gasteiger partial charge >= 0.3 is 0 Å². The zero-order valence-electron chi connectivity index (χ0n) is 82.1. The molecule has 0 N–H and O–H groups in total. The van der Waals surface area contributed by atoms with Crippen LogP contribution in [0.4, 0.5) is 0 Å². The highest BCUT2D eigenvalue weighted by molar-refractivity contribution is 5.74. The number of hydrogen-bond acceptors (Lipinski definition) is 20. The summed E-state index contributed by atoms with van der Waals surface area (Å²) in [5.41, 5.74) is 4.24. The molecule has 0 saturated carbocycles. The first-order chi connectivity index (χ1) is 61.7. The van der Waals surface area contributed by atoms with E-state index in [1.54, 1.807) is 28.4 Å². The van der Waals surface area contributed by atoms with Crippen LogP contribution in [0.2, 0.25) is 0 Å². The number of benzene rings is 3. The van der Waals surface area contributed by atoms with Crippen molar-refractivity contribution in [2.75, 3.05) is 347 Å². The van der Waals surface area contributed by atoms with Gasteiger partial charge in [0.25, 0.3) is 0 Å². The quantitative estimate of drug-likeness (QED) is 0.0295. The highest BCUT2D eigenvalue weighted by Crippen LogP contribution is 2.29. The monoisotopic (exact) mass is 1790 g/mol. The molecule has 0 aromatic heterocycles. The molecule has 3 rings (SSSR count). The van der Waals surface area contributed by atoms with Crippen LogP contribution < -0.4 is 18.9 Å². The second-order valence-electron chi connectivity index (χ2n) is 34.8. The summed E-state index contributed by atoms with van der Waals surface area (Å²) in [6, 6.07) is 21.5. The molecule has 24 heteroatoms. The smallest absolute Gasteiger partial charge is 0.123 e. The van der Waals surface area contributed by atoms with Crippen molar-refractivity contribution in [1.82, 2.24) is 0 Å². The molecule has 3 aromatic carbocycles. The maximum Gasteiger partial charge on any atom is 0.123 e. The van der Waals surface area contributed by atoms with Gasteiger partial charge in [-0.1, -0.05) is 128 Å². The topological polar surface area (TPSA) is 185 Å². The van der Waals surface area contributed by atoms with Gasteiger partial charge in [-0.15, -0.1) is 0 Å². The molecule has 0 spiro atoms. The molecule has 126 heavy (non-hydrogen) atoms. The Morgan fingerprint density at radius 1 is 0.183 bits per heavy atom. The van der Waals surface area contributed by atoms with E-state index in [1.165, 1.54) is 103 Å². The van der Waals surface area contributed by atoms with Crippen LogP contribution in [0.3, 0.4) is 0 Å². The zero-order valence-corrected chi connectivity index (χ0v) is 82.1. The number of likely N-dealkylation sites (N-methyl/N-ethyl adjacent to an activating group) is 4. The standard InChI is InChI=1S/C102H186N4O20/c1-13-17-21-25-45-103(5,53-61-111-73-77-119-85-81-115-69-65-107-9)49-29-33-57-123-99-89-97(90-100(93-99)124-58-34-30-50-104(6,46-26-22-18-14-2)54-62-112-74-78-120-86-82-116-70-66-108-10)43-41-95-37-39-96(40-38-95)42-44-98-91-101(125-59-35-31-51-105(7,47-27-23-19-15-3)55-63-113-75-79-121-87-83-117-71-67-109-11)94-102(92-98)126-60-36-32-52-106(8,48-28-24-20-16-4)56-64-114-76-80-122-88-84-118-72-68-110-12/h37-44,89-94H,13-36,45-88H2,1-12H3/q+4/b43-41+,44-42+. The van der Waals surface area contributed by atoms with Gasteiger partial charge in [-0.2, -0.15) is 0 Å². The minimum absolute atomic E-state index is 0.554. The highest BCUT2D eigenvalue weighted by atomic mass is 16.6. The first-order valence-electron chi connectivity index (χ1n) is 49.2. The number of hydrogen-bond donors (Lipinski definition) is 0. The molecular weight excluding hydrogens is 1600 g/mol. The van der Waals surface area contributed by atoms with E-state index in [4.69, 9.17) is 94.7 Å². The SMILES string of the molecule is CCCCCC[N+](C)(CCCCOc1cc(/C=C/c2ccc(/C=C/c3cc(OCCCC[N+](C)(CCCCCC)CCOCCOCCOCCOC)cc(OCCCC[N+](C)(CCCCCC)CCOCCOCCOCCOC)c3)cc2)cc(OCCCC[N+](C)(CCCCCC)CCOCCOCCOCCOC)c1)CCOCCOCCOCCOC. The fraction of sp³-hybridized carbons (Fsp3) is 0.784. The van der Waals surface area contributed by atoms with E-state index in [9.17, 15) is 0 Å². The Morgan fingerprint density at radius 3 is 0.548 bits per heavy atom. The Morgan fingerprint density at radius 2 is 0.357 bits per heavy atom. The number of methoxy groups -OCH3 is 4. The Bertz CT molecular complexity index is 2620. The lowest BCUT2D eigenvalue weighted by Crippen LogP contribution is -2.48. The van der Waals surface area contributed by atoms with Gasteiger partial charge in [-0.05, 0) is 149 Å². The van der Waals surface area contributed by atoms with Gasteiger partial charge < -0.3 is 113 Å². The molecule has 0 bridgehead atoms. The lowest BCUT2D eigenvalue weighted by molar-refractivity contribution is -0.910. The summed E-state index contributed by atoms with van der Waals surface area (Å²) in [6.07, 6.45) is 36.6. The van der Waals surface area contributed by atoms with Crippen LogP contribution in [0.5, 0.6) is 23.0 Å². The molecule has 0 heterocycles. The van der Waals surface area contributed by atoms with Crippen molar-refractivity contribution in [3.05, 3.63) is 82.9 Å². The minimum atomic E-state index is 0.554. The average Bonchev–Trinajstić information content (AvgIpc) is 0.878. The second kappa shape index (κ2) is 81.3. The molecule has 0 aliphatic rings. The first-order valence-corrected chi connectivity index (χ1v) is 49.2. The average molecular weight is 1790 g/mol. The maximum atomic E-state index is 6.68. The van der Waals surface area contributed by atoms with Gasteiger partial charge in [-0.25, -0.2) is 0 Å². The predicted molar refractivity (Wildman–Crippen MR) is 513 cm³/mol. The summed E-state index contributed by atoms with van der Waals surface area (Å²) in [7, 11) is 16.3. The van der Waals surface area contributed by atoms with Gasteiger partial charge in [0.1, 0.15) is 49.2 Å². The molecule has 0 fully saturated rings. The molecule has 0 aliphatic heterocycles. The van der Waals surface area contributed by atoms with Crippen molar-refractivity contribution >= 4 is 24.3 Å². The van der Waals surface area contributed by atoms with Crippen LogP contribution in [-0.2, 0) is 75.8 Å². The molecule has 0 amide bonds. The van der Waals surface area contributed by atoms with Crippen molar-refractivity contribution in [1.29, 1.82) is 0 Å². The predicted octanol–water partition coefficient (Wildman–Crippen LogP) is 17.6. The molecule has 3 aromatic rings. The lowest BCUT2D eigenvalue weighted by atomic mass is 10.1. The van der Waals surface area contributed by atoms with Gasteiger partial charge in [-0.3, -0.25) is 0 Å². The fourth-order valence-corrected chi connectivity index (χ4v) is 14.9. The summed E-state index contributed by atoms with van der Waals surface area (Å²) in [6.45, 7) is 40.8. The Labute approximate surface area is 767 Å². The molecule has 730 valence electrons. The third-order valence-corrected chi connectivity index (χ3v) is 23.1. The number of unbranched alkanes of at least 4 members (excludes halogenated alkanes) is 16. The molecular formula is C102H186N4O20+4. The van der Waals surface area contributed by atoms with Crippen molar-refractivity contribution in [3.8, 4) is 23.0 Å². The minimum Gasteiger partial charge on any atom is -0.493 e. The van der Waals surface area contributed by atoms with E-state index < -0.39 is 0 Å². The largest absolute Gasteiger partial charge is 0.493 e. The van der Waals surface area contributed by atoms with Gasteiger partial charge in [0, 0.05) is 40.6 Å². The number of ether oxygens (including phenoxy) is 20.